The zero-order valence-electron chi connectivity index (χ0n) is 22.3. The summed E-state index contributed by atoms with van der Waals surface area (Å²) in [4.78, 5) is 11.6. The minimum atomic E-state index is -0.125. The molecular formula is C34H32N4O2. The quantitative estimate of drug-likeness (QED) is 0.231. The molecular weight excluding hydrogens is 496 g/mol. The summed E-state index contributed by atoms with van der Waals surface area (Å²) >= 11 is 0. The van der Waals surface area contributed by atoms with Crippen LogP contribution in [0.4, 0.5) is 11.5 Å². The number of aliphatic hydroxyl groups excluding tert-OH is 1. The highest BCUT2D eigenvalue weighted by Crippen LogP contribution is 2.37. The zero-order valence-corrected chi connectivity index (χ0v) is 22.3. The number of nitrogens with one attached hydrogen (secondary N) is 1. The van der Waals surface area contributed by atoms with Crippen molar-refractivity contribution in [1.82, 2.24) is 14.9 Å². The molecule has 3 heterocycles. The summed E-state index contributed by atoms with van der Waals surface area (Å²) < 4.78 is 5.92. The summed E-state index contributed by atoms with van der Waals surface area (Å²) in [5.74, 6) is 2.35. The highest BCUT2D eigenvalue weighted by molar-refractivity contribution is 5.93. The first-order chi connectivity index (χ1) is 19.7. The molecule has 0 saturated carbocycles. The van der Waals surface area contributed by atoms with Crippen LogP contribution >= 0.6 is 0 Å². The maximum atomic E-state index is 10.1. The first kappa shape index (κ1) is 24.8. The normalized spacial score (nSPS) is 20.5. The average Bonchev–Trinajstić information content (AvgIpc) is 3.22. The third kappa shape index (κ3) is 5.16. The molecule has 6 nitrogen and oxygen atoms in total. The molecule has 5 aromatic rings. The van der Waals surface area contributed by atoms with Crippen LogP contribution in [0.1, 0.15) is 31.2 Å². The number of anilines is 2. The van der Waals surface area contributed by atoms with Gasteiger partial charge >= 0.3 is 0 Å². The van der Waals surface area contributed by atoms with Gasteiger partial charge in [0.15, 0.2) is 0 Å². The number of para-hydroxylation sites is 1. The van der Waals surface area contributed by atoms with Crippen molar-refractivity contribution in [2.45, 2.75) is 50.4 Å². The fraction of sp³-hybridized carbons (Fsp3) is 0.235. The first-order valence-corrected chi connectivity index (χ1v) is 14.1. The fourth-order valence-electron chi connectivity index (χ4n) is 6.22. The molecule has 2 aliphatic heterocycles. The molecule has 4 aromatic carbocycles. The molecule has 2 aliphatic rings. The monoisotopic (exact) mass is 528 g/mol. The van der Waals surface area contributed by atoms with E-state index in [1.165, 1.54) is 24.0 Å². The van der Waals surface area contributed by atoms with E-state index in [1.807, 2.05) is 54.6 Å². The molecule has 6 heteroatoms. The Morgan fingerprint density at radius 1 is 0.775 bits per heavy atom. The van der Waals surface area contributed by atoms with Crippen molar-refractivity contribution in [2.24, 2.45) is 0 Å². The van der Waals surface area contributed by atoms with Gasteiger partial charge in [0.05, 0.1) is 11.6 Å². The molecule has 0 amide bonds. The second kappa shape index (κ2) is 10.7. The number of benzene rings is 4. The van der Waals surface area contributed by atoms with Gasteiger partial charge in [-0.1, -0.05) is 48.5 Å². The van der Waals surface area contributed by atoms with E-state index in [2.05, 4.69) is 62.6 Å². The van der Waals surface area contributed by atoms with E-state index in [0.29, 0.717) is 12.1 Å². The Kier molecular flexibility index (Phi) is 6.63. The van der Waals surface area contributed by atoms with Crippen molar-refractivity contribution in [1.29, 1.82) is 0 Å². The van der Waals surface area contributed by atoms with Crippen molar-refractivity contribution in [3.8, 4) is 22.6 Å². The average molecular weight is 529 g/mol. The van der Waals surface area contributed by atoms with Crippen LogP contribution in [0.25, 0.3) is 22.0 Å². The third-order valence-corrected chi connectivity index (χ3v) is 8.24. The lowest BCUT2D eigenvalue weighted by Gasteiger charge is -2.37. The molecule has 7 rings (SSSR count). The Balaban J connectivity index is 1.08. The molecule has 0 radical (unpaired) electrons. The lowest BCUT2D eigenvalue weighted by Crippen LogP contribution is -2.44. The van der Waals surface area contributed by atoms with Gasteiger partial charge in [0.2, 0.25) is 0 Å². The summed E-state index contributed by atoms with van der Waals surface area (Å²) in [6, 6.07) is 33.9. The largest absolute Gasteiger partial charge is 0.457 e. The van der Waals surface area contributed by atoms with E-state index in [4.69, 9.17) is 4.74 Å². The van der Waals surface area contributed by atoms with Gasteiger partial charge in [-0.15, -0.1) is 0 Å². The standard InChI is InChI=1S/C34H32N4O2/c39-29-19-27-13-14-28(20-29)38(27)21-23-6-8-24(9-7-23)25-10-17-33-32(18-25)34(36-22-35-33)37-26-11-15-31(16-12-26)40-30-4-2-1-3-5-30/h1-12,15-18,22,27-29,39H,13-14,19-21H2,(H,35,36,37). The van der Waals surface area contributed by atoms with Gasteiger partial charge < -0.3 is 15.2 Å². The minimum absolute atomic E-state index is 0.125. The molecule has 200 valence electrons. The SMILES string of the molecule is OC1CC2CCC(C1)N2Cc1ccc(-c2ccc3ncnc(Nc4ccc(Oc5ccccc5)cc4)c3c2)cc1. The Labute approximate surface area is 234 Å². The van der Waals surface area contributed by atoms with Crippen molar-refractivity contribution in [3.05, 3.63) is 109 Å². The molecule has 1 aromatic heterocycles. The second-order valence-corrected chi connectivity index (χ2v) is 10.9. The van der Waals surface area contributed by atoms with Crippen LogP contribution in [0.3, 0.4) is 0 Å². The summed E-state index contributed by atoms with van der Waals surface area (Å²) in [6.45, 7) is 0.955. The fourth-order valence-corrected chi connectivity index (χ4v) is 6.22. The topological polar surface area (TPSA) is 70.5 Å². The second-order valence-electron chi connectivity index (χ2n) is 10.9. The van der Waals surface area contributed by atoms with Crippen LogP contribution in [0.2, 0.25) is 0 Å². The predicted octanol–water partition coefficient (Wildman–Crippen LogP) is 7.32. The number of nitrogens with zero attached hydrogens (tertiary/aromatic N) is 3. The molecule has 0 aliphatic carbocycles. The lowest BCUT2D eigenvalue weighted by atomic mass is 9.98. The number of rotatable bonds is 7. The number of aromatic nitrogens is 2. The molecule has 2 N–H and O–H groups in total. The van der Waals surface area contributed by atoms with Crippen LogP contribution in [0, 0.1) is 0 Å². The van der Waals surface area contributed by atoms with Crippen LogP contribution in [0.5, 0.6) is 11.5 Å². The zero-order chi connectivity index (χ0) is 26.9. The van der Waals surface area contributed by atoms with Gasteiger partial charge in [0.1, 0.15) is 23.6 Å². The van der Waals surface area contributed by atoms with Crippen LogP contribution in [-0.4, -0.2) is 38.2 Å². The molecule has 0 spiro atoms. The number of fused-ring (bicyclic) bond motifs is 3. The third-order valence-electron chi connectivity index (χ3n) is 8.24. The number of hydrogen-bond acceptors (Lipinski definition) is 6. The predicted molar refractivity (Wildman–Crippen MR) is 159 cm³/mol. The number of aliphatic hydroxyl groups is 1. The van der Waals surface area contributed by atoms with Crippen LogP contribution in [-0.2, 0) is 6.54 Å². The highest BCUT2D eigenvalue weighted by Gasteiger charge is 2.39. The lowest BCUT2D eigenvalue weighted by molar-refractivity contribution is 0.0310. The van der Waals surface area contributed by atoms with Gasteiger partial charge in [-0.2, -0.15) is 0 Å². The Morgan fingerprint density at radius 3 is 2.23 bits per heavy atom. The van der Waals surface area contributed by atoms with Gasteiger partial charge in [-0.3, -0.25) is 4.90 Å². The van der Waals surface area contributed by atoms with E-state index < -0.39 is 0 Å². The van der Waals surface area contributed by atoms with Crippen molar-refractivity contribution in [3.63, 3.8) is 0 Å². The van der Waals surface area contributed by atoms with Crippen molar-refractivity contribution >= 4 is 22.4 Å². The maximum Gasteiger partial charge on any atom is 0.141 e. The van der Waals surface area contributed by atoms with E-state index >= 15 is 0 Å². The molecule has 2 atom stereocenters. The van der Waals surface area contributed by atoms with Crippen LogP contribution < -0.4 is 10.1 Å². The van der Waals surface area contributed by atoms with E-state index in [-0.39, 0.29) is 6.10 Å². The summed E-state index contributed by atoms with van der Waals surface area (Å²) in [6.07, 6.45) is 5.71. The van der Waals surface area contributed by atoms with Crippen molar-refractivity contribution < 1.29 is 9.84 Å². The first-order valence-electron chi connectivity index (χ1n) is 14.1. The Bertz CT molecular complexity index is 1590. The van der Waals surface area contributed by atoms with Gasteiger partial charge in [0, 0.05) is 29.7 Å². The summed E-state index contributed by atoms with van der Waals surface area (Å²) in [5, 5.41) is 14.6. The van der Waals surface area contributed by atoms with E-state index in [1.54, 1.807) is 6.33 Å². The number of ether oxygens (including phenoxy) is 1. The molecule has 2 saturated heterocycles. The van der Waals surface area contributed by atoms with E-state index in [9.17, 15) is 5.11 Å². The summed E-state index contributed by atoms with van der Waals surface area (Å²) in [7, 11) is 0. The maximum absolute atomic E-state index is 10.1. The minimum Gasteiger partial charge on any atom is -0.457 e. The number of hydrogen-bond donors (Lipinski definition) is 2. The molecule has 2 unspecified atom stereocenters. The smallest absolute Gasteiger partial charge is 0.141 e. The Hall–Kier alpha value is -4.26. The van der Waals surface area contributed by atoms with Gasteiger partial charge in [0.25, 0.3) is 0 Å². The van der Waals surface area contributed by atoms with Gasteiger partial charge in [-0.25, -0.2) is 9.97 Å². The highest BCUT2D eigenvalue weighted by atomic mass is 16.5. The van der Waals surface area contributed by atoms with Gasteiger partial charge in [-0.05, 0) is 90.9 Å². The molecule has 2 bridgehead atoms. The molecule has 2 fully saturated rings. The Morgan fingerprint density at radius 2 is 1.48 bits per heavy atom. The summed E-state index contributed by atoms with van der Waals surface area (Å²) in [5.41, 5.74) is 5.44. The molecule has 40 heavy (non-hydrogen) atoms. The van der Waals surface area contributed by atoms with Crippen molar-refractivity contribution in [2.75, 3.05) is 5.32 Å². The van der Waals surface area contributed by atoms with E-state index in [0.717, 1.165) is 58.9 Å². The van der Waals surface area contributed by atoms with Crippen LogP contribution in [0.15, 0.2) is 103 Å². The number of piperidine rings is 1.